The monoisotopic (exact) mass is 325 g/mol. The van der Waals surface area contributed by atoms with E-state index in [0.717, 1.165) is 18.4 Å². The van der Waals surface area contributed by atoms with Crippen LogP contribution in [0.3, 0.4) is 0 Å². The van der Waals surface area contributed by atoms with Gasteiger partial charge in [0.05, 0.1) is 11.6 Å². The van der Waals surface area contributed by atoms with Crippen molar-refractivity contribution >= 4 is 12.0 Å². The van der Waals surface area contributed by atoms with Crippen LogP contribution in [0.15, 0.2) is 48.8 Å². The minimum Gasteiger partial charge on any atom is -0.478 e. The number of rotatable bonds is 4. The highest BCUT2D eigenvalue weighted by Gasteiger charge is 2.29. The Bertz CT molecular complexity index is 733. The summed E-state index contributed by atoms with van der Waals surface area (Å²) < 4.78 is 0. The van der Waals surface area contributed by atoms with Gasteiger partial charge < -0.3 is 15.3 Å². The fourth-order valence-electron chi connectivity index (χ4n) is 3.10. The number of urea groups is 1. The maximum absolute atomic E-state index is 12.5. The van der Waals surface area contributed by atoms with E-state index in [9.17, 15) is 14.7 Å². The van der Waals surface area contributed by atoms with E-state index in [1.165, 1.54) is 0 Å². The van der Waals surface area contributed by atoms with Crippen LogP contribution in [-0.2, 0) is 6.54 Å². The fourth-order valence-corrected chi connectivity index (χ4v) is 3.10. The molecule has 0 bridgehead atoms. The molecule has 3 rings (SSSR count). The molecule has 2 aromatic rings. The van der Waals surface area contributed by atoms with Crippen molar-refractivity contribution in [1.29, 1.82) is 0 Å². The lowest BCUT2D eigenvalue weighted by Crippen LogP contribution is -2.39. The average molecular weight is 325 g/mol. The second-order valence-corrected chi connectivity index (χ2v) is 5.75. The van der Waals surface area contributed by atoms with Crippen molar-refractivity contribution in [3.05, 3.63) is 65.5 Å². The van der Waals surface area contributed by atoms with Crippen LogP contribution in [0.5, 0.6) is 0 Å². The van der Waals surface area contributed by atoms with Crippen molar-refractivity contribution in [3.63, 3.8) is 0 Å². The molecular formula is C18H19N3O3. The number of nitrogens with one attached hydrogen (secondary N) is 1. The number of hydrogen-bond acceptors (Lipinski definition) is 3. The van der Waals surface area contributed by atoms with E-state index in [4.69, 9.17) is 0 Å². The Hall–Kier alpha value is -2.89. The molecule has 24 heavy (non-hydrogen) atoms. The third-order valence-corrected chi connectivity index (χ3v) is 4.28. The number of carbonyl (C=O) groups excluding carboxylic acids is 1. The number of hydrogen-bond donors (Lipinski definition) is 2. The third-order valence-electron chi connectivity index (χ3n) is 4.28. The number of nitrogens with zero attached hydrogens (tertiary/aromatic N) is 2. The molecule has 1 aliphatic rings. The maximum Gasteiger partial charge on any atom is 0.336 e. The summed E-state index contributed by atoms with van der Waals surface area (Å²) in [6.45, 7) is 0.889. The number of likely N-dealkylation sites (tertiary alicyclic amines) is 1. The number of aromatic carboxylic acids is 1. The number of carboxylic acids is 1. The maximum atomic E-state index is 12.5. The summed E-state index contributed by atoms with van der Waals surface area (Å²) >= 11 is 0. The van der Waals surface area contributed by atoms with Crippen molar-refractivity contribution in [2.45, 2.75) is 25.4 Å². The van der Waals surface area contributed by atoms with E-state index < -0.39 is 5.97 Å². The van der Waals surface area contributed by atoms with Gasteiger partial charge in [0.1, 0.15) is 0 Å². The zero-order valence-electron chi connectivity index (χ0n) is 13.2. The van der Waals surface area contributed by atoms with E-state index in [1.54, 1.807) is 41.6 Å². The van der Waals surface area contributed by atoms with Gasteiger partial charge in [0.25, 0.3) is 0 Å². The highest BCUT2D eigenvalue weighted by Crippen LogP contribution is 2.31. The number of pyridine rings is 1. The fraction of sp³-hybridized carbons (Fsp3) is 0.278. The van der Waals surface area contributed by atoms with Gasteiger partial charge in [-0.05, 0) is 42.2 Å². The van der Waals surface area contributed by atoms with Gasteiger partial charge in [-0.3, -0.25) is 4.98 Å². The average Bonchev–Trinajstić information content (AvgIpc) is 3.10. The first-order valence-electron chi connectivity index (χ1n) is 7.92. The Morgan fingerprint density at radius 3 is 2.71 bits per heavy atom. The summed E-state index contributed by atoms with van der Waals surface area (Å²) in [7, 11) is 0. The molecule has 2 N–H and O–H groups in total. The van der Waals surface area contributed by atoms with Crippen molar-refractivity contribution in [1.82, 2.24) is 15.2 Å². The topological polar surface area (TPSA) is 82.5 Å². The van der Waals surface area contributed by atoms with Gasteiger partial charge >= 0.3 is 12.0 Å². The van der Waals surface area contributed by atoms with Crippen LogP contribution in [-0.4, -0.2) is 33.5 Å². The van der Waals surface area contributed by atoms with Crippen molar-refractivity contribution < 1.29 is 14.7 Å². The molecule has 1 aliphatic heterocycles. The summed E-state index contributed by atoms with van der Waals surface area (Å²) in [4.78, 5) is 29.6. The molecule has 0 aliphatic carbocycles. The van der Waals surface area contributed by atoms with Crippen molar-refractivity contribution in [2.75, 3.05) is 6.54 Å². The van der Waals surface area contributed by atoms with E-state index in [0.29, 0.717) is 12.1 Å². The molecule has 0 radical (unpaired) electrons. The molecule has 6 nitrogen and oxygen atoms in total. The molecule has 2 amide bonds. The SMILES string of the molecule is O=C(O)c1ccccc1CNC(=O)N1CCCC1c1ccncc1. The van der Waals surface area contributed by atoms with Crippen LogP contribution in [0, 0.1) is 0 Å². The van der Waals surface area contributed by atoms with Gasteiger partial charge in [0.15, 0.2) is 0 Å². The van der Waals surface area contributed by atoms with E-state index in [-0.39, 0.29) is 24.2 Å². The molecular weight excluding hydrogens is 306 g/mol. The molecule has 1 atom stereocenters. The van der Waals surface area contributed by atoms with Crippen LogP contribution in [0.25, 0.3) is 0 Å². The molecule has 1 aromatic carbocycles. The number of amides is 2. The molecule has 0 spiro atoms. The molecule has 1 fully saturated rings. The Morgan fingerprint density at radius 1 is 1.21 bits per heavy atom. The Balaban J connectivity index is 1.68. The zero-order valence-corrected chi connectivity index (χ0v) is 13.2. The minimum atomic E-state index is -0.990. The summed E-state index contributed by atoms with van der Waals surface area (Å²) in [5.41, 5.74) is 1.88. The standard InChI is InChI=1S/C18H19N3O3/c22-17(23)15-5-2-1-4-14(15)12-20-18(24)21-11-3-6-16(21)13-7-9-19-10-8-13/h1-2,4-5,7-10,16H,3,6,11-12H2,(H,20,24)(H,22,23). The van der Waals surface area contributed by atoms with Crippen LogP contribution >= 0.6 is 0 Å². The molecule has 124 valence electrons. The summed E-state index contributed by atoms with van der Waals surface area (Å²) in [6.07, 6.45) is 5.33. The zero-order chi connectivity index (χ0) is 16.9. The van der Waals surface area contributed by atoms with Crippen molar-refractivity contribution in [3.8, 4) is 0 Å². The van der Waals surface area contributed by atoms with Crippen LogP contribution in [0.2, 0.25) is 0 Å². The molecule has 2 heterocycles. The number of benzene rings is 1. The van der Waals surface area contributed by atoms with E-state index in [1.807, 2.05) is 12.1 Å². The quantitative estimate of drug-likeness (QED) is 0.905. The van der Waals surface area contributed by atoms with Gasteiger partial charge in [-0.2, -0.15) is 0 Å². The summed E-state index contributed by atoms with van der Waals surface area (Å²) in [6, 6.07) is 10.4. The molecule has 0 saturated carbocycles. The summed E-state index contributed by atoms with van der Waals surface area (Å²) in [5.74, 6) is -0.990. The Kier molecular flexibility index (Phi) is 4.74. The van der Waals surface area contributed by atoms with Crippen LogP contribution in [0.1, 0.15) is 40.4 Å². The Morgan fingerprint density at radius 2 is 1.96 bits per heavy atom. The van der Waals surface area contributed by atoms with Gasteiger partial charge in [-0.25, -0.2) is 9.59 Å². The van der Waals surface area contributed by atoms with Gasteiger partial charge in [-0.15, -0.1) is 0 Å². The molecule has 1 unspecified atom stereocenters. The molecule has 6 heteroatoms. The predicted octanol–water partition coefficient (Wildman–Crippen LogP) is 2.83. The second-order valence-electron chi connectivity index (χ2n) is 5.75. The predicted molar refractivity (Wildman–Crippen MR) is 88.6 cm³/mol. The van der Waals surface area contributed by atoms with Gasteiger partial charge in [0, 0.05) is 25.5 Å². The second kappa shape index (κ2) is 7.12. The smallest absolute Gasteiger partial charge is 0.336 e. The lowest BCUT2D eigenvalue weighted by atomic mass is 10.1. The first-order valence-corrected chi connectivity index (χ1v) is 7.92. The van der Waals surface area contributed by atoms with E-state index in [2.05, 4.69) is 10.3 Å². The lowest BCUT2D eigenvalue weighted by molar-refractivity contribution is 0.0695. The number of carboxylic acid groups (broad SMARTS) is 1. The highest BCUT2D eigenvalue weighted by atomic mass is 16.4. The molecule has 1 saturated heterocycles. The largest absolute Gasteiger partial charge is 0.478 e. The van der Waals surface area contributed by atoms with Crippen LogP contribution in [0.4, 0.5) is 4.79 Å². The van der Waals surface area contributed by atoms with Gasteiger partial charge in [-0.1, -0.05) is 18.2 Å². The first kappa shape index (κ1) is 16.0. The lowest BCUT2D eigenvalue weighted by Gasteiger charge is -2.25. The minimum absolute atomic E-state index is 0.0442. The number of aromatic nitrogens is 1. The summed E-state index contributed by atoms with van der Waals surface area (Å²) in [5, 5.41) is 12.0. The van der Waals surface area contributed by atoms with E-state index >= 15 is 0 Å². The van der Waals surface area contributed by atoms with Crippen LogP contribution < -0.4 is 5.32 Å². The first-order chi connectivity index (χ1) is 11.7. The normalized spacial score (nSPS) is 16.8. The van der Waals surface area contributed by atoms with Gasteiger partial charge in [0.2, 0.25) is 0 Å². The third kappa shape index (κ3) is 3.37. The Labute approximate surface area is 140 Å². The van der Waals surface area contributed by atoms with Crippen molar-refractivity contribution in [2.24, 2.45) is 0 Å². The highest BCUT2D eigenvalue weighted by molar-refractivity contribution is 5.89. The molecule has 1 aromatic heterocycles. The number of carbonyl (C=O) groups is 2.